The molecule has 0 aliphatic carbocycles. The Kier molecular flexibility index (Phi) is 3.24. The van der Waals surface area contributed by atoms with Gasteiger partial charge in [-0.25, -0.2) is 4.39 Å². The standard InChI is InChI=1S/C13H9BrFNO/c14-11-4-2-1-3-9(11)13(17)10-7-8(15)5-6-12(10)16/h1-7H,16H2. The van der Waals surface area contributed by atoms with Gasteiger partial charge in [0.05, 0.1) is 0 Å². The molecule has 0 spiro atoms. The van der Waals surface area contributed by atoms with E-state index in [1.165, 1.54) is 12.1 Å². The number of hydrogen-bond donors (Lipinski definition) is 1. The lowest BCUT2D eigenvalue weighted by molar-refractivity contribution is 0.103. The summed E-state index contributed by atoms with van der Waals surface area (Å²) in [6.45, 7) is 0. The zero-order valence-electron chi connectivity index (χ0n) is 8.78. The molecule has 0 bridgehead atoms. The highest BCUT2D eigenvalue weighted by Gasteiger charge is 2.15. The zero-order valence-corrected chi connectivity index (χ0v) is 10.4. The normalized spacial score (nSPS) is 10.2. The molecule has 0 aliphatic rings. The maximum absolute atomic E-state index is 13.1. The summed E-state index contributed by atoms with van der Waals surface area (Å²) in [6.07, 6.45) is 0. The molecular weight excluding hydrogens is 285 g/mol. The van der Waals surface area contributed by atoms with Crippen molar-refractivity contribution in [2.45, 2.75) is 0 Å². The third kappa shape index (κ3) is 2.36. The first-order chi connectivity index (χ1) is 8.09. The van der Waals surface area contributed by atoms with Gasteiger partial charge in [-0.1, -0.05) is 28.1 Å². The van der Waals surface area contributed by atoms with Crippen molar-refractivity contribution in [3.8, 4) is 0 Å². The number of hydrogen-bond acceptors (Lipinski definition) is 2. The Balaban J connectivity index is 2.51. The van der Waals surface area contributed by atoms with Gasteiger partial charge in [0, 0.05) is 21.3 Å². The van der Waals surface area contributed by atoms with Crippen molar-refractivity contribution in [2.75, 3.05) is 5.73 Å². The van der Waals surface area contributed by atoms with E-state index in [0.717, 1.165) is 6.07 Å². The molecule has 0 saturated carbocycles. The number of anilines is 1. The smallest absolute Gasteiger partial charge is 0.196 e. The molecule has 2 N–H and O–H groups in total. The summed E-state index contributed by atoms with van der Waals surface area (Å²) in [7, 11) is 0. The molecule has 0 unspecified atom stereocenters. The van der Waals surface area contributed by atoms with Crippen molar-refractivity contribution in [1.82, 2.24) is 0 Å². The van der Waals surface area contributed by atoms with Crippen molar-refractivity contribution in [3.05, 3.63) is 63.9 Å². The summed E-state index contributed by atoms with van der Waals surface area (Å²) in [5, 5.41) is 0. The second-order valence-corrected chi connectivity index (χ2v) is 4.39. The average molecular weight is 294 g/mol. The lowest BCUT2D eigenvalue weighted by Crippen LogP contribution is -2.06. The van der Waals surface area contributed by atoms with Gasteiger partial charge >= 0.3 is 0 Å². The van der Waals surface area contributed by atoms with Gasteiger partial charge in [0.1, 0.15) is 5.82 Å². The highest BCUT2D eigenvalue weighted by molar-refractivity contribution is 9.10. The van der Waals surface area contributed by atoms with Crippen LogP contribution in [0.1, 0.15) is 15.9 Å². The van der Waals surface area contributed by atoms with E-state index in [4.69, 9.17) is 5.73 Å². The first-order valence-corrected chi connectivity index (χ1v) is 5.73. The van der Waals surface area contributed by atoms with E-state index >= 15 is 0 Å². The van der Waals surface area contributed by atoms with Crippen LogP contribution in [0.3, 0.4) is 0 Å². The second-order valence-electron chi connectivity index (χ2n) is 3.54. The topological polar surface area (TPSA) is 43.1 Å². The predicted octanol–water partition coefficient (Wildman–Crippen LogP) is 3.40. The van der Waals surface area contributed by atoms with Crippen LogP contribution in [0, 0.1) is 5.82 Å². The summed E-state index contributed by atoms with van der Waals surface area (Å²) in [5.74, 6) is -0.774. The quantitative estimate of drug-likeness (QED) is 0.681. The lowest BCUT2D eigenvalue weighted by atomic mass is 10.0. The predicted molar refractivity (Wildman–Crippen MR) is 68.4 cm³/mol. The molecule has 0 amide bonds. The van der Waals surface area contributed by atoms with E-state index in [-0.39, 0.29) is 17.0 Å². The molecule has 86 valence electrons. The highest BCUT2D eigenvalue weighted by atomic mass is 79.9. The Morgan fingerprint density at radius 1 is 1.12 bits per heavy atom. The van der Waals surface area contributed by atoms with E-state index < -0.39 is 5.82 Å². The minimum atomic E-state index is -0.477. The third-order valence-electron chi connectivity index (χ3n) is 2.38. The van der Waals surface area contributed by atoms with E-state index in [0.29, 0.717) is 10.0 Å². The monoisotopic (exact) mass is 293 g/mol. The van der Waals surface area contributed by atoms with Gasteiger partial charge in [-0.2, -0.15) is 0 Å². The number of halogens is 2. The molecule has 0 aromatic heterocycles. The molecule has 4 heteroatoms. The van der Waals surface area contributed by atoms with Gasteiger partial charge in [-0.15, -0.1) is 0 Å². The molecule has 0 radical (unpaired) electrons. The summed E-state index contributed by atoms with van der Waals surface area (Å²) < 4.78 is 13.8. The summed E-state index contributed by atoms with van der Waals surface area (Å²) >= 11 is 3.28. The molecule has 17 heavy (non-hydrogen) atoms. The Bertz CT molecular complexity index is 583. The molecule has 2 nitrogen and oxygen atoms in total. The second kappa shape index (κ2) is 4.67. The van der Waals surface area contributed by atoms with Gasteiger partial charge in [0.2, 0.25) is 0 Å². The third-order valence-corrected chi connectivity index (χ3v) is 3.07. The van der Waals surface area contributed by atoms with Gasteiger partial charge in [0.15, 0.2) is 5.78 Å². The van der Waals surface area contributed by atoms with Gasteiger partial charge < -0.3 is 5.73 Å². The van der Waals surface area contributed by atoms with Crippen molar-refractivity contribution >= 4 is 27.4 Å². The van der Waals surface area contributed by atoms with Crippen molar-refractivity contribution in [2.24, 2.45) is 0 Å². The van der Waals surface area contributed by atoms with Gasteiger partial charge in [-0.3, -0.25) is 4.79 Å². The van der Waals surface area contributed by atoms with E-state index in [1.54, 1.807) is 24.3 Å². The largest absolute Gasteiger partial charge is 0.398 e. The molecule has 2 rings (SSSR count). The van der Waals surface area contributed by atoms with Crippen LogP contribution in [0.4, 0.5) is 10.1 Å². The lowest BCUT2D eigenvalue weighted by Gasteiger charge is -2.06. The van der Waals surface area contributed by atoms with E-state index in [9.17, 15) is 9.18 Å². The van der Waals surface area contributed by atoms with Crippen LogP contribution in [-0.4, -0.2) is 5.78 Å². The summed E-state index contributed by atoms with van der Waals surface area (Å²) in [4.78, 5) is 12.2. The van der Waals surface area contributed by atoms with Crippen LogP contribution in [0.25, 0.3) is 0 Å². The fourth-order valence-corrected chi connectivity index (χ4v) is 1.98. The van der Waals surface area contributed by atoms with Crippen LogP contribution in [0.15, 0.2) is 46.9 Å². The molecule has 0 atom stereocenters. The molecule has 0 fully saturated rings. The number of rotatable bonds is 2. The molecule has 0 heterocycles. The summed E-state index contributed by atoms with van der Waals surface area (Å²) in [5.41, 5.74) is 6.59. The Hall–Kier alpha value is -1.68. The fraction of sp³-hybridized carbons (Fsp3) is 0. The molecular formula is C13H9BrFNO. The fourth-order valence-electron chi connectivity index (χ4n) is 1.52. The minimum absolute atomic E-state index is 0.178. The molecule has 0 aliphatic heterocycles. The molecule has 2 aromatic carbocycles. The van der Waals surface area contributed by atoms with Crippen LogP contribution in [-0.2, 0) is 0 Å². The first-order valence-electron chi connectivity index (χ1n) is 4.94. The van der Waals surface area contributed by atoms with Gasteiger partial charge in [0.25, 0.3) is 0 Å². The van der Waals surface area contributed by atoms with E-state index in [2.05, 4.69) is 15.9 Å². The number of benzene rings is 2. The number of nitrogens with two attached hydrogens (primary N) is 1. The summed E-state index contributed by atoms with van der Waals surface area (Å²) in [6, 6.07) is 10.7. The van der Waals surface area contributed by atoms with Crippen molar-refractivity contribution in [3.63, 3.8) is 0 Å². The molecule has 0 saturated heterocycles. The number of ketones is 1. The number of carbonyl (C=O) groups excluding carboxylic acids is 1. The Labute approximate surface area is 106 Å². The average Bonchev–Trinajstić information content (AvgIpc) is 2.32. The van der Waals surface area contributed by atoms with Crippen molar-refractivity contribution in [1.29, 1.82) is 0 Å². The van der Waals surface area contributed by atoms with Crippen LogP contribution < -0.4 is 5.73 Å². The van der Waals surface area contributed by atoms with Crippen LogP contribution in [0.2, 0.25) is 0 Å². The highest BCUT2D eigenvalue weighted by Crippen LogP contribution is 2.23. The molecule has 2 aromatic rings. The SMILES string of the molecule is Nc1ccc(F)cc1C(=O)c1ccccc1Br. The zero-order chi connectivity index (χ0) is 12.4. The maximum Gasteiger partial charge on any atom is 0.196 e. The maximum atomic E-state index is 13.1. The van der Waals surface area contributed by atoms with Crippen LogP contribution >= 0.6 is 15.9 Å². The minimum Gasteiger partial charge on any atom is -0.398 e. The Morgan fingerprint density at radius 2 is 1.82 bits per heavy atom. The van der Waals surface area contributed by atoms with Gasteiger partial charge in [-0.05, 0) is 30.3 Å². The van der Waals surface area contributed by atoms with Crippen LogP contribution in [0.5, 0.6) is 0 Å². The van der Waals surface area contributed by atoms with E-state index in [1.807, 2.05) is 0 Å². The van der Waals surface area contributed by atoms with Crippen molar-refractivity contribution < 1.29 is 9.18 Å². The Morgan fingerprint density at radius 3 is 2.53 bits per heavy atom. The first kappa shape index (κ1) is 11.8. The number of nitrogen functional groups attached to an aromatic ring is 1. The number of carbonyl (C=O) groups is 1.